The van der Waals surface area contributed by atoms with Gasteiger partial charge in [0.25, 0.3) is 5.91 Å². The van der Waals surface area contributed by atoms with Gasteiger partial charge in [-0.1, -0.05) is 0 Å². The number of nitrogens with one attached hydrogen (secondary N) is 1. The van der Waals surface area contributed by atoms with Gasteiger partial charge in [0.15, 0.2) is 0 Å². The lowest BCUT2D eigenvalue weighted by Gasteiger charge is -2.19. The van der Waals surface area contributed by atoms with Gasteiger partial charge in [-0.15, -0.1) is 0 Å². The van der Waals surface area contributed by atoms with Gasteiger partial charge in [-0.2, -0.15) is 0 Å². The molecule has 1 N–H and O–H groups in total. The van der Waals surface area contributed by atoms with Crippen LogP contribution in [-0.4, -0.2) is 34.2 Å². The summed E-state index contributed by atoms with van der Waals surface area (Å²) in [5.41, 5.74) is -0.270. The highest BCUT2D eigenvalue weighted by Crippen LogP contribution is 2.21. The van der Waals surface area contributed by atoms with Gasteiger partial charge in [-0.05, 0) is 39.0 Å². The molecule has 2 rings (SSSR count). The van der Waals surface area contributed by atoms with E-state index in [-0.39, 0.29) is 5.91 Å². The van der Waals surface area contributed by atoms with Crippen LogP contribution in [0.2, 0.25) is 0 Å². The third-order valence-corrected chi connectivity index (χ3v) is 2.70. The van der Waals surface area contributed by atoms with Crippen LogP contribution in [0.4, 0.5) is 4.79 Å². The molecule has 1 amide bonds. The lowest BCUT2D eigenvalue weighted by Crippen LogP contribution is -2.26. The SMILES string of the molecule is CNC(=O)c1ccc(Oc2ccn(C(=O)OC(C)(C)C)c2)cn1. The van der Waals surface area contributed by atoms with Crippen molar-refractivity contribution in [3.05, 3.63) is 42.5 Å². The van der Waals surface area contributed by atoms with Gasteiger partial charge in [0.1, 0.15) is 22.8 Å². The van der Waals surface area contributed by atoms with Crippen molar-refractivity contribution in [3.8, 4) is 11.5 Å². The Morgan fingerprint density at radius 1 is 1.17 bits per heavy atom. The molecule has 0 aliphatic carbocycles. The predicted molar refractivity (Wildman–Crippen MR) is 83.8 cm³/mol. The fraction of sp³-hybridized carbons (Fsp3) is 0.312. The first-order chi connectivity index (χ1) is 10.8. The topological polar surface area (TPSA) is 82.5 Å². The predicted octanol–water partition coefficient (Wildman–Crippen LogP) is 2.82. The monoisotopic (exact) mass is 317 g/mol. The number of ether oxygens (including phenoxy) is 2. The Hall–Kier alpha value is -2.83. The third-order valence-electron chi connectivity index (χ3n) is 2.70. The maximum atomic E-state index is 11.9. The maximum absolute atomic E-state index is 11.9. The zero-order valence-corrected chi connectivity index (χ0v) is 13.5. The van der Waals surface area contributed by atoms with Gasteiger partial charge >= 0.3 is 6.09 Å². The van der Waals surface area contributed by atoms with Gasteiger partial charge in [0.2, 0.25) is 0 Å². The van der Waals surface area contributed by atoms with Crippen LogP contribution >= 0.6 is 0 Å². The fourth-order valence-corrected chi connectivity index (χ4v) is 1.70. The van der Waals surface area contributed by atoms with Crippen molar-refractivity contribution in [2.24, 2.45) is 0 Å². The molecular formula is C16H19N3O4. The smallest absolute Gasteiger partial charge is 0.418 e. The van der Waals surface area contributed by atoms with Crippen molar-refractivity contribution >= 4 is 12.0 Å². The minimum atomic E-state index is -0.567. The quantitative estimate of drug-likeness (QED) is 0.941. The molecule has 0 aliphatic heterocycles. The highest BCUT2D eigenvalue weighted by atomic mass is 16.6. The molecule has 0 spiro atoms. The van der Waals surface area contributed by atoms with E-state index in [0.717, 1.165) is 0 Å². The number of rotatable bonds is 3. The summed E-state index contributed by atoms with van der Waals surface area (Å²) < 4.78 is 12.1. The van der Waals surface area contributed by atoms with E-state index in [9.17, 15) is 9.59 Å². The van der Waals surface area contributed by atoms with Gasteiger partial charge in [0.05, 0.1) is 12.4 Å². The van der Waals surface area contributed by atoms with E-state index in [4.69, 9.17) is 9.47 Å². The van der Waals surface area contributed by atoms with E-state index in [1.54, 1.807) is 45.2 Å². The Labute approximate surface area is 134 Å². The number of carbonyl (C=O) groups excluding carboxylic acids is 2. The Morgan fingerprint density at radius 3 is 2.48 bits per heavy atom. The van der Waals surface area contributed by atoms with Crippen LogP contribution in [-0.2, 0) is 4.74 Å². The molecule has 2 heterocycles. The molecule has 23 heavy (non-hydrogen) atoms. The average molecular weight is 317 g/mol. The molecule has 0 atom stereocenters. The number of hydrogen-bond acceptors (Lipinski definition) is 5. The summed E-state index contributed by atoms with van der Waals surface area (Å²) >= 11 is 0. The zero-order valence-electron chi connectivity index (χ0n) is 13.5. The zero-order chi connectivity index (χ0) is 17.0. The summed E-state index contributed by atoms with van der Waals surface area (Å²) in [6.07, 6.45) is 4.02. The number of aromatic nitrogens is 2. The molecule has 7 nitrogen and oxygen atoms in total. The lowest BCUT2D eigenvalue weighted by molar-refractivity contribution is 0.0536. The molecule has 0 bridgehead atoms. The van der Waals surface area contributed by atoms with Crippen molar-refractivity contribution in [1.82, 2.24) is 14.9 Å². The highest BCUT2D eigenvalue weighted by Gasteiger charge is 2.18. The van der Waals surface area contributed by atoms with E-state index >= 15 is 0 Å². The third kappa shape index (κ3) is 4.57. The minimum Gasteiger partial charge on any atom is -0.454 e. The van der Waals surface area contributed by atoms with Gasteiger partial charge in [-0.25, -0.2) is 9.78 Å². The number of pyridine rings is 1. The molecule has 0 unspecified atom stereocenters. The molecule has 7 heteroatoms. The summed E-state index contributed by atoms with van der Waals surface area (Å²) in [6.45, 7) is 5.39. The van der Waals surface area contributed by atoms with E-state index < -0.39 is 11.7 Å². The van der Waals surface area contributed by atoms with Crippen LogP contribution in [0.1, 0.15) is 31.3 Å². The number of amides is 1. The standard InChI is InChI=1S/C16H19N3O4/c1-16(2,3)23-15(21)19-8-7-12(10-19)22-11-5-6-13(18-9-11)14(20)17-4/h5-10H,1-4H3,(H,17,20). The Bertz CT molecular complexity index is 699. The van der Waals surface area contributed by atoms with E-state index in [0.29, 0.717) is 17.2 Å². The Morgan fingerprint density at radius 2 is 1.91 bits per heavy atom. The largest absolute Gasteiger partial charge is 0.454 e. The van der Waals surface area contributed by atoms with Crippen LogP contribution < -0.4 is 10.1 Å². The second kappa shape index (κ2) is 6.51. The van der Waals surface area contributed by atoms with Crippen LogP contribution in [0.5, 0.6) is 11.5 Å². The molecule has 0 fully saturated rings. The first kappa shape index (κ1) is 16.5. The summed E-state index contributed by atoms with van der Waals surface area (Å²) in [7, 11) is 1.54. The van der Waals surface area contributed by atoms with Crippen molar-refractivity contribution in [2.45, 2.75) is 26.4 Å². The summed E-state index contributed by atoms with van der Waals surface area (Å²) in [5, 5.41) is 2.49. The van der Waals surface area contributed by atoms with Crippen molar-refractivity contribution in [3.63, 3.8) is 0 Å². The molecule has 0 saturated heterocycles. The van der Waals surface area contributed by atoms with Crippen LogP contribution in [0, 0.1) is 0 Å². The second-order valence-corrected chi connectivity index (χ2v) is 5.80. The van der Waals surface area contributed by atoms with E-state index in [1.807, 2.05) is 0 Å². The van der Waals surface area contributed by atoms with Crippen molar-refractivity contribution in [1.29, 1.82) is 0 Å². The maximum Gasteiger partial charge on any atom is 0.418 e. The van der Waals surface area contributed by atoms with Gasteiger partial charge < -0.3 is 14.8 Å². The molecule has 122 valence electrons. The van der Waals surface area contributed by atoms with Crippen LogP contribution in [0.15, 0.2) is 36.8 Å². The highest BCUT2D eigenvalue weighted by molar-refractivity contribution is 5.92. The van der Waals surface area contributed by atoms with Gasteiger partial charge in [0, 0.05) is 13.2 Å². The Balaban J connectivity index is 2.04. The molecular weight excluding hydrogens is 298 g/mol. The summed E-state index contributed by atoms with van der Waals surface area (Å²) in [4.78, 5) is 27.3. The van der Waals surface area contributed by atoms with E-state index in [2.05, 4.69) is 10.3 Å². The van der Waals surface area contributed by atoms with Crippen LogP contribution in [0.25, 0.3) is 0 Å². The summed E-state index contributed by atoms with van der Waals surface area (Å²) in [6, 6.07) is 4.82. The normalized spacial score (nSPS) is 11.0. The number of nitrogens with zero attached hydrogens (tertiary/aromatic N) is 2. The molecule has 0 aliphatic rings. The number of hydrogen-bond donors (Lipinski definition) is 1. The lowest BCUT2D eigenvalue weighted by atomic mass is 10.2. The van der Waals surface area contributed by atoms with Crippen molar-refractivity contribution in [2.75, 3.05) is 7.05 Å². The molecule has 0 saturated carbocycles. The fourth-order valence-electron chi connectivity index (χ4n) is 1.70. The minimum absolute atomic E-state index is 0.271. The van der Waals surface area contributed by atoms with Crippen LogP contribution in [0.3, 0.4) is 0 Å². The molecule has 0 radical (unpaired) electrons. The number of carbonyl (C=O) groups is 2. The first-order valence-electron chi connectivity index (χ1n) is 7.06. The average Bonchev–Trinajstić information content (AvgIpc) is 2.94. The Kier molecular flexibility index (Phi) is 4.68. The van der Waals surface area contributed by atoms with E-state index in [1.165, 1.54) is 24.0 Å². The molecule has 0 aromatic carbocycles. The first-order valence-corrected chi connectivity index (χ1v) is 7.06. The second-order valence-electron chi connectivity index (χ2n) is 5.80. The molecule has 2 aromatic heterocycles. The van der Waals surface area contributed by atoms with Gasteiger partial charge in [-0.3, -0.25) is 9.36 Å². The molecule has 2 aromatic rings. The van der Waals surface area contributed by atoms with Crippen molar-refractivity contribution < 1.29 is 19.1 Å². The summed E-state index contributed by atoms with van der Waals surface area (Å²) in [5.74, 6) is 0.651.